The molecule has 0 radical (unpaired) electrons. The van der Waals surface area contributed by atoms with Crippen molar-refractivity contribution >= 4 is 51.1 Å². The van der Waals surface area contributed by atoms with Crippen LogP contribution in [0.4, 0.5) is 0 Å². The molecule has 10 heteroatoms. The average molecular weight is 478 g/mol. The monoisotopic (exact) mass is 477 g/mol. The summed E-state index contributed by atoms with van der Waals surface area (Å²) < 4.78 is 8.59. The molecule has 1 amide bonds. The van der Waals surface area contributed by atoms with Crippen LogP contribution in [0.3, 0.4) is 0 Å². The van der Waals surface area contributed by atoms with Crippen molar-refractivity contribution in [1.29, 1.82) is 0 Å². The molecule has 1 atom stereocenters. The topological polar surface area (TPSA) is 66.5 Å². The van der Waals surface area contributed by atoms with Gasteiger partial charge in [-0.25, -0.2) is 4.68 Å². The quantitative estimate of drug-likeness (QED) is 0.541. The molecule has 1 N–H and O–H groups in total. The highest BCUT2D eigenvalue weighted by Crippen LogP contribution is 2.41. The van der Waals surface area contributed by atoms with Crippen LogP contribution in [0, 0.1) is 4.84 Å². The number of aromatic nitrogens is 2. The van der Waals surface area contributed by atoms with Crippen LogP contribution in [0.15, 0.2) is 28.7 Å². The molecule has 3 aromatic rings. The van der Waals surface area contributed by atoms with E-state index < -0.39 is 0 Å². The van der Waals surface area contributed by atoms with E-state index in [4.69, 9.17) is 28.2 Å². The Balaban J connectivity index is 1.23. The Hall–Kier alpha value is -1.78. The van der Waals surface area contributed by atoms with Crippen LogP contribution >= 0.6 is 35.2 Å². The summed E-state index contributed by atoms with van der Waals surface area (Å²) in [6.07, 6.45) is 2.22. The van der Waals surface area contributed by atoms with Gasteiger partial charge >= 0.3 is 0 Å². The lowest BCUT2D eigenvalue weighted by Gasteiger charge is -2.37. The number of thiophene rings is 1. The summed E-state index contributed by atoms with van der Waals surface area (Å²) in [7, 11) is 0. The predicted octanol–water partition coefficient (Wildman–Crippen LogP) is 3.98. The third-order valence-electron chi connectivity index (χ3n) is 5.93. The minimum absolute atomic E-state index is 0.0985. The number of nitrogens with one attached hydrogen (secondary N) is 1. The fraction of sp³-hybridized carbons (Fsp3) is 0.476. The van der Waals surface area contributed by atoms with Crippen molar-refractivity contribution in [1.82, 2.24) is 24.9 Å². The van der Waals surface area contributed by atoms with Gasteiger partial charge in [-0.2, -0.15) is 0 Å². The number of halogens is 1. The van der Waals surface area contributed by atoms with Gasteiger partial charge in [0.2, 0.25) is 5.91 Å². The van der Waals surface area contributed by atoms with Gasteiger partial charge in [0.1, 0.15) is 4.88 Å². The molecule has 7 nitrogen and oxygen atoms in total. The van der Waals surface area contributed by atoms with Gasteiger partial charge in [-0.15, -0.1) is 16.4 Å². The molecule has 3 heterocycles. The highest BCUT2D eigenvalue weighted by molar-refractivity contribution is 7.71. The number of carbonyl (C=O) groups is 1. The van der Waals surface area contributed by atoms with Crippen LogP contribution in [0.1, 0.15) is 19.8 Å². The van der Waals surface area contributed by atoms with Crippen molar-refractivity contribution < 1.29 is 9.21 Å². The zero-order valence-corrected chi connectivity index (χ0v) is 19.6. The maximum absolute atomic E-state index is 12.3. The summed E-state index contributed by atoms with van der Waals surface area (Å²) in [5.41, 5.74) is 0. The first-order chi connectivity index (χ1) is 15.0. The second kappa shape index (κ2) is 8.63. The first-order valence-corrected chi connectivity index (χ1v) is 12.1. The molecule has 1 aromatic carbocycles. The maximum atomic E-state index is 12.3. The van der Waals surface area contributed by atoms with Crippen molar-refractivity contribution in [3.05, 3.63) is 34.1 Å². The number of nitrogens with zero attached hydrogens (tertiary/aromatic N) is 4. The predicted molar refractivity (Wildman–Crippen MR) is 125 cm³/mol. The molecular formula is C21H24ClN5O2S2. The molecular weight excluding hydrogens is 454 g/mol. The molecule has 2 fully saturated rings. The number of benzene rings is 1. The average Bonchev–Trinajstić information content (AvgIpc) is 3.43. The molecule has 0 bridgehead atoms. The highest BCUT2D eigenvalue weighted by atomic mass is 35.5. The van der Waals surface area contributed by atoms with Gasteiger partial charge < -0.3 is 9.73 Å². The second-order valence-corrected chi connectivity index (χ2v) is 9.95. The molecule has 0 spiro atoms. The van der Waals surface area contributed by atoms with Gasteiger partial charge in [0.05, 0.1) is 17.7 Å². The number of carbonyl (C=O) groups excluding carboxylic acids is 1. The summed E-state index contributed by atoms with van der Waals surface area (Å²) in [4.78, 5) is 18.0. The van der Waals surface area contributed by atoms with E-state index in [1.807, 2.05) is 31.2 Å². The zero-order valence-electron chi connectivity index (χ0n) is 17.2. The van der Waals surface area contributed by atoms with Crippen molar-refractivity contribution in [3.8, 4) is 10.8 Å². The Morgan fingerprint density at radius 1 is 1.32 bits per heavy atom. The molecule has 1 aliphatic heterocycles. The summed E-state index contributed by atoms with van der Waals surface area (Å²) in [6.45, 7) is 5.89. The minimum atomic E-state index is -0.0985. The van der Waals surface area contributed by atoms with E-state index in [-0.39, 0.29) is 11.9 Å². The van der Waals surface area contributed by atoms with Crippen molar-refractivity contribution in [2.75, 3.05) is 26.2 Å². The van der Waals surface area contributed by atoms with Crippen molar-refractivity contribution in [3.63, 3.8) is 0 Å². The molecule has 0 unspecified atom stereocenters. The van der Waals surface area contributed by atoms with Gasteiger partial charge in [0.25, 0.3) is 10.7 Å². The third-order valence-corrected chi connectivity index (χ3v) is 7.88. The van der Waals surface area contributed by atoms with Crippen LogP contribution in [0.25, 0.3) is 20.9 Å². The maximum Gasteiger partial charge on any atom is 0.288 e. The molecule has 2 aromatic heterocycles. The fourth-order valence-electron chi connectivity index (χ4n) is 3.84. The molecule has 164 valence electrons. The molecule has 1 aliphatic carbocycles. The number of hydrogen-bond acceptors (Lipinski definition) is 7. The van der Waals surface area contributed by atoms with Gasteiger partial charge in [-0.3, -0.25) is 14.6 Å². The number of amides is 1. The lowest BCUT2D eigenvalue weighted by atomic mass is 10.2. The zero-order chi connectivity index (χ0) is 21.5. The van der Waals surface area contributed by atoms with E-state index >= 15 is 0 Å². The van der Waals surface area contributed by atoms with Crippen LogP contribution in [-0.2, 0) is 11.5 Å². The summed E-state index contributed by atoms with van der Waals surface area (Å²) >= 11 is 13.5. The van der Waals surface area contributed by atoms with Gasteiger partial charge in [-0.05, 0) is 38.0 Å². The molecule has 5 rings (SSSR count). The van der Waals surface area contributed by atoms with E-state index in [1.165, 1.54) is 0 Å². The largest absolute Gasteiger partial charge is 0.408 e. The van der Waals surface area contributed by atoms with Gasteiger partial charge in [0, 0.05) is 42.3 Å². The van der Waals surface area contributed by atoms with Crippen LogP contribution < -0.4 is 5.32 Å². The Bertz CT molecular complexity index is 1160. The van der Waals surface area contributed by atoms with E-state index in [2.05, 4.69) is 20.2 Å². The highest BCUT2D eigenvalue weighted by Gasteiger charge is 2.30. The van der Waals surface area contributed by atoms with Gasteiger partial charge in [0.15, 0.2) is 0 Å². The van der Waals surface area contributed by atoms with E-state index in [9.17, 15) is 4.79 Å². The van der Waals surface area contributed by atoms with E-state index in [1.54, 1.807) is 16.0 Å². The number of fused-ring (bicyclic) bond motifs is 1. The Kier molecular flexibility index (Phi) is 5.87. The standard InChI is InChI=1S/C21H24ClN5O2S2/c1-13(19(28)23-14-6-7-14)26-10-8-25(9-11-26)12-27-21(30)29-20(24-27)18-17(22)15-4-2-3-5-16(15)31-18/h2-5,13-14H,6-12H2,1H3,(H,23,28)/t13-/m1/s1. The van der Waals surface area contributed by atoms with Crippen molar-refractivity contribution in [2.45, 2.75) is 38.5 Å². The molecule has 1 saturated heterocycles. The summed E-state index contributed by atoms with van der Waals surface area (Å²) in [6, 6.07) is 8.28. The first-order valence-electron chi connectivity index (χ1n) is 10.5. The SMILES string of the molecule is C[C@H](C(=O)NC1CC1)N1CCN(Cn2nc(-c3sc4ccccc4c3Cl)oc2=S)CC1. The summed E-state index contributed by atoms with van der Waals surface area (Å²) in [5, 5.41) is 9.35. The summed E-state index contributed by atoms with van der Waals surface area (Å²) in [5.74, 6) is 0.597. The second-order valence-electron chi connectivity index (χ2n) is 8.17. The van der Waals surface area contributed by atoms with E-state index in [0.717, 1.165) is 54.0 Å². The minimum Gasteiger partial charge on any atom is -0.408 e. The van der Waals surface area contributed by atoms with E-state index in [0.29, 0.717) is 28.5 Å². The number of piperazine rings is 1. The Labute approximate surface area is 194 Å². The fourth-order valence-corrected chi connectivity index (χ4v) is 5.45. The third kappa shape index (κ3) is 4.42. The van der Waals surface area contributed by atoms with Crippen LogP contribution in [-0.4, -0.2) is 63.8 Å². The molecule has 31 heavy (non-hydrogen) atoms. The van der Waals surface area contributed by atoms with Crippen LogP contribution in [0.5, 0.6) is 0 Å². The normalized spacial score (nSPS) is 19.0. The number of hydrogen-bond donors (Lipinski definition) is 1. The van der Waals surface area contributed by atoms with Crippen LogP contribution in [0.2, 0.25) is 5.02 Å². The lowest BCUT2D eigenvalue weighted by Crippen LogP contribution is -2.54. The smallest absolute Gasteiger partial charge is 0.288 e. The van der Waals surface area contributed by atoms with Gasteiger partial charge in [-0.1, -0.05) is 29.8 Å². The Morgan fingerprint density at radius 3 is 2.77 bits per heavy atom. The Morgan fingerprint density at radius 2 is 2.06 bits per heavy atom. The first kappa shape index (κ1) is 21.1. The molecule has 1 saturated carbocycles. The lowest BCUT2D eigenvalue weighted by molar-refractivity contribution is -0.126. The molecule has 2 aliphatic rings. The number of rotatable bonds is 6. The van der Waals surface area contributed by atoms with Crippen molar-refractivity contribution in [2.24, 2.45) is 0 Å².